The smallest absolute Gasteiger partial charge is 0.174 e. The van der Waals surface area contributed by atoms with Crippen LogP contribution in [0.3, 0.4) is 0 Å². The molecular formula is C15H14O3. The summed E-state index contributed by atoms with van der Waals surface area (Å²) in [6, 6.07) is 13.5. The van der Waals surface area contributed by atoms with Crippen molar-refractivity contribution in [2.75, 3.05) is 0 Å². The lowest BCUT2D eigenvalue weighted by Gasteiger charge is -2.24. The number of aldehydes is 1. The Balaban J connectivity index is 2.64. The molecule has 92 valence electrons. The Bertz CT molecular complexity index is 563. The van der Waals surface area contributed by atoms with Crippen LogP contribution in [0.25, 0.3) is 0 Å². The van der Waals surface area contributed by atoms with Crippen molar-refractivity contribution in [3.8, 4) is 5.75 Å². The second-order valence-electron chi connectivity index (χ2n) is 4.22. The first-order valence-corrected chi connectivity index (χ1v) is 5.63. The molecule has 3 nitrogen and oxygen atoms in total. The molecular weight excluding hydrogens is 228 g/mol. The Hall–Kier alpha value is -2.13. The molecule has 2 rings (SSSR count). The maximum Gasteiger partial charge on any atom is 0.174 e. The van der Waals surface area contributed by atoms with Crippen molar-refractivity contribution in [2.24, 2.45) is 0 Å². The van der Waals surface area contributed by atoms with Gasteiger partial charge in [-0.15, -0.1) is 0 Å². The maximum atomic E-state index is 11.3. The van der Waals surface area contributed by atoms with E-state index in [2.05, 4.69) is 0 Å². The summed E-state index contributed by atoms with van der Waals surface area (Å²) in [5.41, 5.74) is -0.578. The van der Waals surface area contributed by atoms with Gasteiger partial charge in [0.1, 0.15) is 5.75 Å². The molecule has 3 heteroatoms. The van der Waals surface area contributed by atoms with Crippen LogP contribution in [0.1, 0.15) is 16.7 Å². The predicted octanol–water partition coefficient (Wildman–Crippen LogP) is 2.14. The van der Waals surface area contributed by atoms with Crippen LogP contribution in [0.4, 0.5) is 0 Å². The molecule has 0 saturated heterocycles. The summed E-state index contributed by atoms with van der Waals surface area (Å²) in [5, 5.41) is 20.5. The highest BCUT2D eigenvalue weighted by molar-refractivity contribution is 5.74. The molecule has 1 unspecified atom stereocenters. The Morgan fingerprint density at radius 1 is 1.06 bits per heavy atom. The van der Waals surface area contributed by atoms with Gasteiger partial charge < -0.3 is 10.2 Å². The van der Waals surface area contributed by atoms with Gasteiger partial charge in [0, 0.05) is 5.56 Å². The fourth-order valence-electron chi connectivity index (χ4n) is 1.95. The van der Waals surface area contributed by atoms with E-state index in [4.69, 9.17) is 0 Å². The number of carbonyl (C=O) groups excluding carboxylic acids is 1. The Morgan fingerprint density at radius 3 is 2.33 bits per heavy atom. The molecule has 2 aromatic rings. The molecule has 0 bridgehead atoms. The van der Waals surface area contributed by atoms with Gasteiger partial charge in [-0.1, -0.05) is 48.5 Å². The molecule has 2 N–H and O–H groups in total. The zero-order chi connectivity index (χ0) is 13.2. The summed E-state index contributed by atoms with van der Waals surface area (Å²) in [6.07, 6.45) is 0.441. The summed E-state index contributed by atoms with van der Waals surface area (Å²) >= 11 is 0. The lowest BCUT2D eigenvalue weighted by Crippen LogP contribution is -2.29. The Kier molecular flexibility index (Phi) is 3.17. The highest BCUT2D eigenvalue weighted by atomic mass is 16.3. The molecule has 0 spiro atoms. The molecule has 0 saturated carbocycles. The number of aliphatic hydroxyl groups is 1. The standard InChI is InChI=1S/C15H14O3/c1-11-6-5-9-13(14(11)17)15(18,10-16)12-7-3-2-4-8-12/h2-10,17-18H,1H3. The van der Waals surface area contributed by atoms with Crippen molar-refractivity contribution in [1.29, 1.82) is 0 Å². The van der Waals surface area contributed by atoms with E-state index in [1.165, 1.54) is 0 Å². The molecule has 0 radical (unpaired) electrons. The number of phenols is 1. The van der Waals surface area contributed by atoms with E-state index in [0.29, 0.717) is 17.4 Å². The van der Waals surface area contributed by atoms with Crippen LogP contribution in [-0.2, 0) is 10.4 Å². The molecule has 0 aromatic heterocycles. The number of rotatable bonds is 3. The number of hydrogen-bond donors (Lipinski definition) is 2. The molecule has 0 fully saturated rings. The Morgan fingerprint density at radius 2 is 1.72 bits per heavy atom. The van der Waals surface area contributed by atoms with Gasteiger partial charge in [0.05, 0.1) is 0 Å². The zero-order valence-electron chi connectivity index (χ0n) is 10.00. The summed E-state index contributed by atoms with van der Waals surface area (Å²) in [4.78, 5) is 11.3. The zero-order valence-corrected chi connectivity index (χ0v) is 10.00. The first-order chi connectivity index (χ1) is 8.59. The molecule has 18 heavy (non-hydrogen) atoms. The number of phenolic OH excluding ortho intramolecular Hbond substituents is 1. The summed E-state index contributed by atoms with van der Waals surface area (Å²) in [7, 11) is 0. The van der Waals surface area contributed by atoms with E-state index in [1.54, 1.807) is 55.5 Å². The number of benzene rings is 2. The minimum Gasteiger partial charge on any atom is -0.507 e. The minimum atomic E-state index is -1.82. The van der Waals surface area contributed by atoms with Gasteiger partial charge in [-0.3, -0.25) is 4.79 Å². The molecule has 0 aliphatic rings. The van der Waals surface area contributed by atoms with E-state index in [1.807, 2.05) is 0 Å². The third-order valence-electron chi connectivity index (χ3n) is 3.03. The van der Waals surface area contributed by atoms with E-state index >= 15 is 0 Å². The van der Waals surface area contributed by atoms with E-state index < -0.39 is 5.60 Å². The van der Waals surface area contributed by atoms with Crippen molar-refractivity contribution >= 4 is 6.29 Å². The monoisotopic (exact) mass is 242 g/mol. The van der Waals surface area contributed by atoms with Gasteiger partial charge in [-0.05, 0) is 18.1 Å². The van der Waals surface area contributed by atoms with Crippen LogP contribution in [0, 0.1) is 6.92 Å². The molecule has 0 amide bonds. The van der Waals surface area contributed by atoms with Crippen LogP contribution in [0.15, 0.2) is 48.5 Å². The van der Waals surface area contributed by atoms with E-state index in [9.17, 15) is 15.0 Å². The largest absolute Gasteiger partial charge is 0.507 e. The second-order valence-corrected chi connectivity index (χ2v) is 4.22. The number of aromatic hydroxyl groups is 1. The van der Waals surface area contributed by atoms with Crippen LogP contribution < -0.4 is 0 Å². The van der Waals surface area contributed by atoms with E-state index in [-0.39, 0.29) is 11.3 Å². The van der Waals surface area contributed by atoms with Gasteiger partial charge in [0.15, 0.2) is 11.9 Å². The molecule has 1 atom stereocenters. The van der Waals surface area contributed by atoms with Gasteiger partial charge in [0.2, 0.25) is 0 Å². The number of hydrogen-bond acceptors (Lipinski definition) is 3. The van der Waals surface area contributed by atoms with Gasteiger partial charge in [-0.25, -0.2) is 0 Å². The predicted molar refractivity (Wildman–Crippen MR) is 68.3 cm³/mol. The average Bonchev–Trinajstić information content (AvgIpc) is 2.42. The van der Waals surface area contributed by atoms with Crippen molar-refractivity contribution in [3.05, 3.63) is 65.2 Å². The average molecular weight is 242 g/mol. The first kappa shape index (κ1) is 12.3. The van der Waals surface area contributed by atoms with Crippen molar-refractivity contribution < 1.29 is 15.0 Å². The first-order valence-electron chi connectivity index (χ1n) is 5.63. The van der Waals surface area contributed by atoms with Crippen LogP contribution in [-0.4, -0.2) is 16.5 Å². The normalized spacial score (nSPS) is 13.9. The third kappa shape index (κ3) is 1.89. The van der Waals surface area contributed by atoms with Crippen molar-refractivity contribution in [1.82, 2.24) is 0 Å². The lowest BCUT2D eigenvalue weighted by molar-refractivity contribution is -0.121. The fourth-order valence-corrected chi connectivity index (χ4v) is 1.95. The lowest BCUT2D eigenvalue weighted by atomic mass is 9.86. The van der Waals surface area contributed by atoms with Crippen LogP contribution in [0.2, 0.25) is 0 Å². The highest BCUT2D eigenvalue weighted by Gasteiger charge is 2.33. The SMILES string of the molecule is Cc1cccc(C(O)(C=O)c2ccccc2)c1O. The van der Waals surface area contributed by atoms with Crippen LogP contribution >= 0.6 is 0 Å². The number of carbonyl (C=O) groups is 1. The molecule has 0 aliphatic carbocycles. The van der Waals surface area contributed by atoms with E-state index in [0.717, 1.165) is 0 Å². The fraction of sp³-hybridized carbons (Fsp3) is 0.133. The molecule has 0 aliphatic heterocycles. The van der Waals surface area contributed by atoms with Crippen molar-refractivity contribution in [2.45, 2.75) is 12.5 Å². The maximum absolute atomic E-state index is 11.3. The summed E-state index contributed by atoms with van der Waals surface area (Å²) in [6.45, 7) is 1.72. The van der Waals surface area contributed by atoms with Gasteiger partial charge in [0.25, 0.3) is 0 Å². The summed E-state index contributed by atoms with van der Waals surface area (Å²) in [5.74, 6) is -0.0593. The number of aryl methyl sites for hydroxylation is 1. The quantitative estimate of drug-likeness (QED) is 0.811. The van der Waals surface area contributed by atoms with Gasteiger partial charge in [-0.2, -0.15) is 0 Å². The number of para-hydroxylation sites is 1. The Labute approximate surface area is 105 Å². The second kappa shape index (κ2) is 4.63. The third-order valence-corrected chi connectivity index (χ3v) is 3.03. The van der Waals surface area contributed by atoms with Crippen molar-refractivity contribution in [3.63, 3.8) is 0 Å². The molecule has 0 heterocycles. The molecule has 2 aromatic carbocycles. The van der Waals surface area contributed by atoms with Crippen LogP contribution in [0.5, 0.6) is 5.75 Å². The topological polar surface area (TPSA) is 57.5 Å². The van der Waals surface area contributed by atoms with Gasteiger partial charge >= 0.3 is 0 Å². The highest BCUT2D eigenvalue weighted by Crippen LogP contribution is 2.35. The minimum absolute atomic E-state index is 0.0593. The summed E-state index contributed by atoms with van der Waals surface area (Å²) < 4.78 is 0.